The Balaban J connectivity index is 1.26. The van der Waals surface area contributed by atoms with Gasteiger partial charge in [0, 0.05) is 37.2 Å². The van der Waals surface area contributed by atoms with Crippen LogP contribution < -0.4 is 5.32 Å². The number of benzene rings is 1. The van der Waals surface area contributed by atoms with E-state index in [0.29, 0.717) is 48.4 Å². The SMILES string of the molecule is CC(=O)N1CCC(Sc2cnc(NC(=O)C(=NO[C@@H]3CCOC3)c3ccc(S(=O)(=O)C4CC4)cc3)s2)CC1. The summed E-state index contributed by atoms with van der Waals surface area (Å²) in [7, 11) is -3.34. The van der Waals surface area contributed by atoms with Crippen molar-refractivity contribution in [3.05, 3.63) is 36.0 Å². The second kappa shape index (κ2) is 11.7. The Labute approximate surface area is 230 Å². The Bertz CT molecular complexity index is 1290. The van der Waals surface area contributed by atoms with E-state index in [9.17, 15) is 18.0 Å². The Morgan fingerprint density at radius 2 is 1.89 bits per heavy atom. The van der Waals surface area contributed by atoms with E-state index in [1.807, 2.05) is 4.90 Å². The van der Waals surface area contributed by atoms with Crippen LogP contribution in [0.1, 0.15) is 44.6 Å². The maximum atomic E-state index is 13.3. The molecular weight excluding hydrogens is 548 g/mol. The first-order valence-corrected chi connectivity index (χ1v) is 15.9. The third-order valence-corrected chi connectivity index (χ3v) is 11.4. The molecule has 3 fully saturated rings. The lowest BCUT2D eigenvalue weighted by Crippen LogP contribution is -2.37. The van der Waals surface area contributed by atoms with Gasteiger partial charge in [0.2, 0.25) is 5.91 Å². The van der Waals surface area contributed by atoms with Crippen LogP contribution in [0.3, 0.4) is 0 Å². The summed E-state index contributed by atoms with van der Waals surface area (Å²) in [5.74, 6) is -0.389. The number of rotatable bonds is 9. The normalized spacial score (nSPS) is 20.9. The molecular formula is C25H30N4O6S3. The number of nitrogens with zero attached hydrogens (tertiary/aromatic N) is 3. The monoisotopic (exact) mass is 578 g/mol. The summed E-state index contributed by atoms with van der Waals surface area (Å²) in [6.45, 7) is 4.07. The molecule has 0 bridgehead atoms. The lowest BCUT2D eigenvalue weighted by atomic mass is 10.1. The lowest BCUT2D eigenvalue weighted by molar-refractivity contribution is -0.129. The van der Waals surface area contributed by atoms with Gasteiger partial charge in [-0.2, -0.15) is 0 Å². The summed E-state index contributed by atoms with van der Waals surface area (Å²) in [5.41, 5.74) is 0.479. The zero-order chi connectivity index (χ0) is 26.7. The molecule has 204 valence electrons. The number of sulfone groups is 1. The van der Waals surface area contributed by atoms with Gasteiger partial charge >= 0.3 is 0 Å². The molecule has 0 spiro atoms. The zero-order valence-corrected chi connectivity index (χ0v) is 23.4. The highest BCUT2D eigenvalue weighted by molar-refractivity contribution is 8.01. The Morgan fingerprint density at radius 3 is 2.53 bits per heavy atom. The van der Waals surface area contributed by atoms with Crippen LogP contribution in [0.25, 0.3) is 0 Å². The van der Waals surface area contributed by atoms with E-state index in [-0.39, 0.29) is 27.9 Å². The van der Waals surface area contributed by atoms with Gasteiger partial charge in [0.25, 0.3) is 5.91 Å². The number of aromatic nitrogens is 1. The van der Waals surface area contributed by atoms with Gasteiger partial charge in [-0.25, -0.2) is 13.4 Å². The predicted octanol–water partition coefficient (Wildman–Crippen LogP) is 3.33. The van der Waals surface area contributed by atoms with Crippen molar-refractivity contribution in [3.8, 4) is 0 Å². The van der Waals surface area contributed by atoms with Crippen molar-refractivity contribution >= 4 is 55.6 Å². The molecule has 2 aliphatic heterocycles. The molecule has 2 aromatic rings. The van der Waals surface area contributed by atoms with Gasteiger partial charge in [-0.1, -0.05) is 28.6 Å². The molecule has 1 aliphatic carbocycles. The summed E-state index contributed by atoms with van der Waals surface area (Å²) in [5, 5.41) is 7.47. The van der Waals surface area contributed by atoms with Gasteiger partial charge in [0.1, 0.15) is 0 Å². The van der Waals surface area contributed by atoms with E-state index in [1.54, 1.807) is 37.0 Å². The average Bonchev–Trinajstić information content (AvgIpc) is 3.49. The molecule has 0 unspecified atom stereocenters. The molecule has 38 heavy (non-hydrogen) atoms. The van der Waals surface area contributed by atoms with Gasteiger partial charge in [0.15, 0.2) is 26.8 Å². The summed E-state index contributed by atoms with van der Waals surface area (Å²) in [6, 6.07) is 6.19. The first kappa shape index (κ1) is 27.1. The van der Waals surface area contributed by atoms with Crippen LogP contribution in [-0.4, -0.2) is 78.7 Å². The number of anilines is 1. The lowest BCUT2D eigenvalue weighted by Gasteiger charge is -2.30. The van der Waals surface area contributed by atoms with E-state index in [1.165, 1.54) is 23.5 Å². The van der Waals surface area contributed by atoms with E-state index in [0.717, 1.165) is 30.1 Å². The second-order valence-corrected chi connectivity index (χ2v) is 14.4. The largest absolute Gasteiger partial charge is 0.389 e. The average molecular weight is 579 g/mol. The minimum Gasteiger partial charge on any atom is -0.389 e. The number of ether oxygens (including phenoxy) is 1. The number of likely N-dealkylation sites (tertiary alicyclic amines) is 1. The highest BCUT2D eigenvalue weighted by Crippen LogP contribution is 2.36. The van der Waals surface area contributed by atoms with E-state index in [2.05, 4.69) is 15.5 Å². The number of thiazole rings is 1. The van der Waals surface area contributed by atoms with Crippen molar-refractivity contribution in [2.24, 2.45) is 5.16 Å². The van der Waals surface area contributed by atoms with Gasteiger partial charge in [-0.05, 0) is 37.8 Å². The van der Waals surface area contributed by atoms with Gasteiger partial charge in [0.05, 0.1) is 33.8 Å². The number of hydrogen-bond acceptors (Lipinski definition) is 10. The number of nitrogens with one attached hydrogen (secondary N) is 1. The number of hydrogen-bond donors (Lipinski definition) is 1. The van der Waals surface area contributed by atoms with E-state index in [4.69, 9.17) is 9.57 Å². The van der Waals surface area contributed by atoms with Gasteiger partial charge in [-0.15, -0.1) is 11.8 Å². The molecule has 1 atom stereocenters. The molecule has 1 aromatic carbocycles. The first-order chi connectivity index (χ1) is 18.3. The predicted molar refractivity (Wildman–Crippen MR) is 145 cm³/mol. The number of thioether (sulfide) groups is 1. The highest BCUT2D eigenvalue weighted by Gasteiger charge is 2.37. The molecule has 2 amide bonds. The smallest absolute Gasteiger partial charge is 0.280 e. The molecule has 1 saturated carbocycles. The molecule has 13 heteroatoms. The fraction of sp³-hybridized carbons (Fsp3) is 0.520. The van der Waals surface area contributed by atoms with Crippen molar-refractivity contribution in [3.63, 3.8) is 0 Å². The minimum atomic E-state index is -3.34. The number of amides is 2. The third kappa shape index (κ3) is 6.56. The summed E-state index contributed by atoms with van der Waals surface area (Å²) in [4.78, 5) is 36.9. The van der Waals surface area contributed by atoms with Crippen LogP contribution in [-0.2, 0) is 29.0 Å². The molecule has 3 aliphatic rings. The third-order valence-electron chi connectivity index (χ3n) is 6.69. The Kier molecular flexibility index (Phi) is 8.36. The molecule has 2 saturated heterocycles. The quantitative estimate of drug-likeness (QED) is 0.355. The van der Waals surface area contributed by atoms with Crippen LogP contribution in [0.2, 0.25) is 0 Å². The molecule has 3 heterocycles. The summed E-state index contributed by atoms with van der Waals surface area (Å²) >= 11 is 3.09. The standard InChI is InChI=1S/C25H30N4O6S3/c1-16(30)29-11-8-19(9-12-29)36-22-14-26-25(37-22)27-24(31)23(28-35-18-10-13-34-15-18)17-2-4-20(5-3-17)38(32,33)21-6-7-21/h2-5,14,18-19,21H,6-13,15H2,1H3,(H,26,27,31)/t18-/m1/s1. The van der Waals surface area contributed by atoms with Crippen molar-refractivity contribution in [1.29, 1.82) is 0 Å². The van der Waals surface area contributed by atoms with Crippen molar-refractivity contribution < 1.29 is 27.6 Å². The van der Waals surface area contributed by atoms with Crippen LogP contribution >= 0.6 is 23.1 Å². The van der Waals surface area contributed by atoms with Crippen LogP contribution in [0, 0.1) is 0 Å². The van der Waals surface area contributed by atoms with Crippen molar-refractivity contribution in [2.75, 3.05) is 31.6 Å². The fourth-order valence-corrected chi connectivity index (χ4v) is 8.23. The molecule has 10 nitrogen and oxygen atoms in total. The summed E-state index contributed by atoms with van der Waals surface area (Å²) < 4.78 is 31.4. The number of oxime groups is 1. The van der Waals surface area contributed by atoms with Crippen LogP contribution in [0.5, 0.6) is 0 Å². The van der Waals surface area contributed by atoms with E-state index >= 15 is 0 Å². The maximum Gasteiger partial charge on any atom is 0.280 e. The molecule has 0 radical (unpaired) electrons. The minimum absolute atomic E-state index is 0.0354. The summed E-state index contributed by atoms with van der Waals surface area (Å²) in [6.07, 6.45) is 5.36. The van der Waals surface area contributed by atoms with E-state index < -0.39 is 15.7 Å². The van der Waals surface area contributed by atoms with Crippen LogP contribution in [0.15, 0.2) is 44.7 Å². The fourth-order valence-electron chi connectivity index (χ4n) is 4.30. The first-order valence-electron chi connectivity index (χ1n) is 12.6. The number of piperidine rings is 1. The van der Waals surface area contributed by atoms with Gasteiger partial charge < -0.3 is 14.5 Å². The molecule has 1 N–H and O–H groups in total. The highest BCUT2D eigenvalue weighted by atomic mass is 32.2. The topological polar surface area (TPSA) is 127 Å². The molecule has 1 aromatic heterocycles. The Morgan fingerprint density at radius 1 is 1.16 bits per heavy atom. The Hall–Kier alpha value is -2.48. The number of carbonyl (C=O) groups excluding carboxylic acids is 2. The number of carbonyl (C=O) groups is 2. The second-order valence-electron chi connectivity index (χ2n) is 9.56. The zero-order valence-electron chi connectivity index (χ0n) is 21.0. The van der Waals surface area contributed by atoms with Crippen LogP contribution in [0.4, 0.5) is 5.13 Å². The van der Waals surface area contributed by atoms with Crippen molar-refractivity contribution in [1.82, 2.24) is 9.88 Å². The maximum absolute atomic E-state index is 13.3. The van der Waals surface area contributed by atoms with Crippen molar-refractivity contribution in [2.45, 2.75) is 64.7 Å². The molecule has 5 rings (SSSR count). The van der Waals surface area contributed by atoms with Gasteiger partial charge in [-0.3, -0.25) is 14.9 Å².